The largest absolute Gasteiger partial charge is 0.465 e. The van der Waals surface area contributed by atoms with Gasteiger partial charge in [0.2, 0.25) is 0 Å². The van der Waals surface area contributed by atoms with Crippen molar-refractivity contribution in [2.24, 2.45) is 15.3 Å². The molecule has 21 heavy (non-hydrogen) atoms. The topological polar surface area (TPSA) is 99.8 Å². The second-order valence-corrected chi connectivity index (χ2v) is 3.94. The number of carbonyl (C=O) groups is 1. The van der Waals surface area contributed by atoms with Gasteiger partial charge in [0.05, 0.1) is 24.0 Å². The van der Waals surface area contributed by atoms with Gasteiger partial charge in [0.1, 0.15) is 0 Å². The van der Waals surface area contributed by atoms with Gasteiger partial charge in [0, 0.05) is 10.6 Å². The van der Waals surface area contributed by atoms with Crippen LogP contribution in [0.4, 0.5) is 17.1 Å². The number of esters is 1. The second kappa shape index (κ2) is 6.83. The Morgan fingerprint density at radius 1 is 0.952 bits per heavy atom. The molecule has 0 heterocycles. The van der Waals surface area contributed by atoms with Gasteiger partial charge in [-0.15, -0.1) is 0 Å². The first kappa shape index (κ1) is 14.2. The molecule has 104 valence electrons. The summed E-state index contributed by atoms with van der Waals surface area (Å²) in [6.45, 7) is 0. The van der Waals surface area contributed by atoms with Crippen LogP contribution >= 0.6 is 0 Å². The van der Waals surface area contributed by atoms with Crippen molar-refractivity contribution in [2.45, 2.75) is 0 Å². The van der Waals surface area contributed by atoms with Crippen LogP contribution in [-0.4, -0.2) is 13.1 Å². The lowest BCUT2D eigenvalue weighted by Crippen LogP contribution is -1.99. The maximum Gasteiger partial charge on any atom is 0.337 e. The average molecular weight is 281 g/mol. The van der Waals surface area contributed by atoms with Crippen LogP contribution in [-0.2, 0) is 4.74 Å². The number of azo groups is 1. The highest BCUT2D eigenvalue weighted by Crippen LogP contribution is 2.21. The van der Waals surface area contributed by atoms with Gasteiger partial charge < -0.3 is 4.74 Å². The molecule has 0 unspecified atom stereocenters. The Hall–Kier alpha value is -3.18. The van der Waals surface area contributed by atoms with Crippen molar-refractivity contribution < 1.29 is 9.53 Å². The summed E-state index contributed by atoms with van der Waals surface area (Å²) in [5.41, 5.74) is 10.5. The molecule has 2 aromatic rings. The van der Waals surface area contributed by atoms with Crippen LogP contribution in [0.5, 0.6) is 0 Å². The van der Waals surface area contributed by atoms with Crippen LogP contribution in [0.3, 0.4) is 0 Å². The van der Waals surface area contributed by atoms with Crippen LogP contribution < -0.4 is 0 Å². The minimum Gasteiger partial charge on any atom is -0.465 e. The van der Waals surface area contributed by atoms with Crippen molar-refractivity contribution >= 4 is 23.0 Å². The molecule has 0 saturated carbocycles. The van der Waals surface area contributed by atoms with Crippen molar-refractivity contribution in [1.82, 2.24) is 0 Å². The zero-order chi connectivity index (χ0) is 15.1. The van der Waals surface area contributed by atoms with E-state index in [0.29, 0.717) is 22.6 Å². The van der Waals surface area contributed by atoms with E-state index in [4.69, 9.17) is 5.53 Å². The predicted octanol–water partition coefficient (Wildman–Crippen LogP) is 4.83. The standard InChI is InChI=1S/C14H11N5O2/c1-21-14(20)10-2-4-11(5-3-10)16-17-12-6-8-13(9-7-12)18-19-15/h2-9H,1H3. The smallest absolute Gasteiger partial charge is 0.337 e. The molecule has 0 aliphatic carbocycles. The van der Waals surface area contributed by atoms with E-state index in [9.17, 15) is 4.79 Å². The third-order valence-electron chi connectivity index (χ3n) is 2.58. The van der Waals surface area contributed by atoms with Gasteiger partial charge in [-0.3, -0.25) is 0 Å². The van der Waals surface area contributed by atoms with Gasteiger partial charge in [0.25, 0.3) is 0 Å². The van der Waals surface area contributed by atoms with E-state index in [1.807, 2.05) is 0 Å². The van der Waals surface area contributed by atoms with E-state index in [1.54, 1.807) is 48.5 Å². The molecule has 0 saturated heterocycles. The number of nitrogens with zero attached hydrogens (tertiary/aromatic N) is 5. The summed E-state index contributed by atoms with van der Waals surface area (Å²) in [6, 6.07) is 13.2. The van der Waals surface area contributed by atoms with Crippen molar-refractivity contribution in [2.75, 3.05) is 7.11 Å². The highest BCUT2D eigenvalue weighted by atomic mass is 16.5. The fourth-order valence-electron chi connectivity index (χ4n) is 1.54. The zero-order valence-corrected chi connectivity index (χ0v) is 11.2. The first-order valence-electron chi connectivity index (χ1n) is 5.98. The van der Waals surface area contributed by atoms with E-state index in [2.05, 4.69) is 25.0 Å². The SMILES string of the molecule is COC(=O)c1ccc(N=Nc2ccc(N=[N+]=[N-])cc2)cc1. The van der Waals surface area contributed by atoms with Crippen LogP contribution in [0.2, 0.25) is 0 Å². The first-order valence-corrected chi connectivity index (χ1v) is 5.98. The number of carbonyl (C=O) groups excluding carboxylic acids is 1. The molecule has 0 aliphatic heterocycles. The third-order valence-corrected chi connectivity index (χ3v) is 2.58. The molecule has 0 aliphatic rings. The normalized spacial score (nSPS) is 10.1. The Kier molecular flexibility index (Phi) is 4.63. The minimum absolute atomic E-state index is 0.396. The Bertz CT molecular complexity index is 701. The van der Waals surface area contributed by atoms with Crippen molar-refractivity contribution in [3.05, 3.63) is 64.5 Å². The van der Waals surface area contributed by atoms with Crippen LogP contribution in [0.25, 0.3) is 10.4 Å². The molecule has 0 radical (unpaired) electrons. The Morgan fingerprint density at radius 2 is 1.43 bits per heavy atom. The van der Waals surface area contributed by atoms with E-state index in [-0.39, 0.29) is 0 Å². The molecular weight excluding hydrogens is 270 g/mol. The molecule has 0 spiro atoms. The summed E-state index contributed by atoms with van der Waals surface area (Å²) < 4.78 is 4.61. The third kappa shape index (κ3) is 3.89. The maximum atomic E-state index is 11.3. The summed E-state index contributed by atoms with van der Waals surface area (Å²) in [5, 5.41) is 11.6. The molecule has 0 aromatic heterocycles. The molecule has 7 nitrogen and oxygen atoms in total. The summed E-state index contributed by atoms with van der Waals surface area (Å²) in [6.07, 6.45) is 0. The minimum atomic E-state index is -0.396. The molecule has 0 amide bonds. The highest BCUT2D eigenvalue weighted by molar-refractivity contribution is 5.89. The van der Waals surface area contributed by atoms with Crippen LogP contribution in [0.15, 0.2) is 63.9 Å². The number of ether oxygens (including phenoxy) is 1. The Balaban J connectivity index is 2.10. The van der Waals surface area contributed by atoms with Gasteiger partial charge in [-0.1, -0.05) is 17.2 Å². The van der Waals surface area contributed by atoms with Gasteiger partial charge in [0.15, 0.2) is 0 Å². The lowest BCUT2D eigenvalue weighted by atomic mass is 10.2. The molecule has 2 aromatic carbocycles. The summed E-state index contributed by atoms with van der Waals surface area (Å²) in [7, 11) is 1.33. The Morgan fingerprint density at radius 3 is 1.90 bits per heavy atom. The summed E-state index contributed by atoms with van der Waals surface area (Å²) in [5.74, 6) is -0.396. The monoisotopic (exact) mass is 281 g/mol. The number of hydrogen-bond acceptors (Lipinski definition) is 5. The predicted molar refractivity (Wildman–Crippen MR) is 77.2 cm³/mol. The molecule has 2 rings (SSSR count). The quantitative estimate of drug-likeness (QED) is 0.347. The fraction of sp³-hybridized carbons (Fsp3) is 0.0714. The molecule has 0 fully saturated rings. The number of rotatable bonds is 4. The van der Waals surface area contributed by atoms with E-state index in [1.165, 1.54) is 7.11 Å². The lowest BCUT2D eigenvalue weighted by Gasteiger charge is -1.98. The molecule has 7 heteroatoms. The fourth-order valence-corrected chi connectivity index (χ4v) is 1.54. The van der Waals surface area contributed by atoms with Crippen LogP contribution in [0.1, 0.15) is 10.4 Å². The maximum absolute atomic E-state index is 11.3. The summed E-state index contributed by atoms with van der Waals surface area (Å²) in [4.78, 5) is 14.0. The molecule has 0 atom stereocenters. The zero-order valence-electron chi connectivity index (χ0n) is 11.2. The number of benzene rings is 2. The highest BCUT2D eigenvalue weighted by Gasteiger charge is 2.03. The average Bonchev–Trinajstić information content (AvgIpc) is 2.54. The van der Waals surface area contributed by atoms with Gasteiger partial charge >= 0.3 is 5.97 Å². The van der Waals surface area contributed by atoms with E-state index >= 15 is 0 Å². The Labute approximate surface area is 120 Å². The lowest BCUT2D eigenvalue weighted by molar-refractivity contribution is 0.0601. The number of methoxy groups -OCH3 is 1. The number of azide groups is 1. The van der Waals surface area contributed by atoms with E-state index in [0.717, 1.165) is 0 Å². The van der Waals surface area contributed by atoms with Gasteiger partial charge in [-0.05, 0) is 41.9 Å². The van der Waals surface area contributed by atoms with Gasteiger partial charge in [-0.25, -0.2) is 4.79 Å². The first-order chi connectivity index (χ1) is 10.2. The van der Waals surface area contributed by atoms with Crippen molar-refractivity contribution in [3.63, 3.8) is 0 Å². The second-order valence-electron chi connectivity index (χ2n) is 3.94. The van der Waals surface area contributed by atoms with Crippen LogP contribution in [0, 0.1) is 0 Å². The van der Waals surface area contributed by atoms with Gasteiger partial charge in [-0.2, -0.15) is 10.2 Å². The van der Waals surface area contributed by atoms with Crippen molar-refractivity contribution in [1.29, 1.82) is 0 Å². The molecule has 0 bridgehead atoms. The van der Waals surface area contributed by atoms with E-state index < -0.39 is 5.97 Å². The molecular formula is C14H11N5O2. The summed E-state index contributed by atoms with van der Waals surface area (Å²) >= 11 is 0. The number of hydrogen-bond donors (Lipinski definition) is 0. The van der Waals surface area contributed by atoms with Crippen molar-refractivity contribution in [3.8, 4) is 0 Å². The molecule has 0 N–H and O–H groups in total.